The molecule has 32 heavy (non-hydrogen) atoms. The van der Waals surface area contributed by atoms with Crippen molar-refractivity contribution in [3.8, 4) is 11.3 Å². The summed E-state index contributed by atoms with van der Waals surface area (Å²) in [6.07, 6.45) is 7.18. The van der Waals surface area contributed by atoms with Gasteiger partial charge in [-0.1, -0.05) is 29.8 Å². The molecule has 0 unspecified atom stereocenters. The predicted molar refractivity (Wildman–Crippen MR) is 123 cm³/mol. The number of aryl methyl sites for hydroxylation is 2. The Morgan fingerprint density at radius 3 is 2.75 bits per heavy atom. The first-order valence-electron chi connectivity index (χ1n) is 10.6. The summed E-state index contributed by atoms with van der Waals surface area (Å²) in [6.45, 7) is 3.08. The first-order chi connectivity index (χ1) is 15.5. The van der Waals surface area contributed by atoms with E-state index in [0.717, 1.165) is 51.6 Å². The van der Waals surface area contributed by atoms with Crippen molar-refractivity contribution >= 4 is 17.5 Å². The van der Waals surface area contributed by atoms with Crippen LogP contribution in [0.25, 0.3) is 11.3 Å². The largest absolute Gasteiger partial charge is 0.455 e. The number of furan rings is 1. The van der Waals surface area contributed by atoms with Crippen LogP contribution in [0.2, 0.25) is 5.02 Å². The Bertz CT molecular complexity index is 1280. The van der Waals surface area contributed by atoms with E-state index in [2.05, 4.69) is 11.2 Å². The van der Waals surface area contributed by atoms with Gasteiger partial charge in [0.2, 0.25) is 0 Å². The molecule has 1 aliphatic rings. The molecule has 0 fully saturated rings. The van der Waals surface area contributed by atoms with Gasteiger partial charge < -0.3 is 9.32 Å². The number of nitrogens with zero attached hydrogens (tertiary/aromatic N) is 4. The zero-order valence-electron chi connectivity index (χ0n) is 18.0. The molecule has 1 amide bonds. The molecule has 0 saturated carbocycles. The van der Waals surface area contributed by atoms with Crippen LogP contribution in [0.5, 0.6) is 0 Å². The third-order valence-corrected chi connectivity index (χ3v) is 6.11. The fourth-order valence-corrected chi connectivity index (χ4v) is 4.36. The van der Waals surface area contributed by atoms with Crippen LogP contribution in [0.4, 0.5) is 0 Å². The first-order valence-corrected chi connectivity index (χ1v) is 10.9. The Morgan fingerprint density at radius 1 is 1.19 bits per heavy atom. The summed E-state index contributed by atoms with van der Waals surface area (Å²) < 4.78 is 8.03. The molecule has 0 spiro atoms. The first kappa shape index (κ1) is 20.5. The topological polar surface area (TPSA) is 64.2 Å². The highest BCUT2D eigenvalue weighted by atomic mass is 35.5. The Hall–Kier alpha value is -3.38. The molecule has 0 saturated heterocycles. The zero-order chi connectivity index (χ0) is 22.2. The molecule has 162 valence electrons. The molecule has 0 bridgehead atoms. The second-order valence-corrected chi connectivity index (χ2v) is 8.64. The number of aromatic nitrogens is 3. The number of carbonyl (C=O) groups excluding carboxylic acids is 1. The standard InChI is InChI=1S/C25H23ClN4O2/c1-16-22-21(32-24(16)25(31)29(2)13-18-4-3-11-27-12-18)10-7-19-15-30(28-23(19)22)14-17-5-8-20(26)9-6-17/h3-6,8-9,11-12,15H,7,10,13-14H2,1-2H3. The van der Waals surface area contributed by atoms with Gasteiger partial charge in [-0.3, -0.25) is 14.5 Å². The summed E-state index contributed by atoms with van der Waals surface area (Å²) >= 11 is 6.00. The minimum atomic E-state index is -0.136. The van der Waals surface area contributed by atoms with Crippen LogP contribution in [0, 0.1) is 6.92 Å². The van der Waals surface area contributed by atoms with E-state index in [1.165, 1.54) is 5.56 Å². The molecular formula is C25H23ClN4O2. The van der Waals surface area contributed by atoms with Gasteiger partial charge in [-0.15, -0.1) is 0 Å². The third-order valence-electron chi connectivity index (χ3n) is 5.86. The van der Waals surface area contributed by atoms with Gasteiger partial charge in [-0.05, 0) is 48.2 Å². The van der Waals surface area contributed by atoms with Gasteiger partial charge in [0.15, 0.2) is 5.76 Å². The van der Waals surface area contributed by atoms with Crippen molar-refractivity contribution in [1.82, 2.24) is 19.7 Å². The Kier molecular flexibility index (Phi) is 5.31. The summed E-state index contributed by atoms with van der Waals surface area (Å²) in [4.78, 5) is 18.9. The minimum Gasteiger partial charge on any atom is -0.455 e. The quantitative estimate of drug-likeness (QED) is 0.436. The summed E-state index contributed by atoms with van der Waals surface area (Å²) in [7, 11) is 1.78. The number of benzene rings is 1. The van der Waals surface area contributed by atoms with Gasteiger partial charge in [0, 0.05) is 54.8 Å². The molecule has 0 atom stereocenters. The van der Waals surface area contributed by atoms with E-state index in [4.69, 9.17) is 21.1 Å². The van der Waals surface area contributed by atoms with Gasteiger partial charge in [-0.2, -0.15) is 5.10 Å². The Morgan fingerprint density at radius 2 is 2.00 bits per heavy atom. The summed E-state index contributed by atoms with van der Waals surface area (Å²) in [5.74, 6) is 1.09. The molecule has 5 rings (SSSR count). The second-order valence-electron chi connectivity index (χ2n) is 8.20. The zero-order valence-corrected chi connectivity index (χ0v) is 18.8. The van der Waals surface area contributed by atoms with E-state index in [-0.39, 0.29) is 5.91 Å². The molecular weight excluding hydrogens is 424 g/mol. The molecule has 4 aromatic rings. The summed E-state index contributed by atoms with van der Waals surface area (Å²) in [5, 5.41) is 5.57. The molecule has 6 nitrogen and oxygen atoms in total. The molecule has 3 aromatic heterocycles. The molecule has 0 radical (unpaired) electrons. The van der Waals surface area contributed by atoms with E-state index in [1.54, 1.807) is 24.3 Å². The van der Waals surface area contributed by atoms with E-state index < -0.39 is 0 Å². The highest BCUT2D eigenvalue weighted by Crippen LogP contribution is 2.38. The lowest BCUT2D eigenvalue weighted by Gasteiger charge is -2.16. The molecule has 1 aromatic carbocycles. The number of pyridine rings is 1. The molecule has 0 aliphatic heterocycles. The molecule has 1 aliphatic carbocycles. The number of fused-ring (bicyclic) bond motifs is 3. The van der Waals surface area contributed by atoms with Crippen LogP contribution >= 0.6 is 11.6 Å². The lowest BCUT2D eigenvalue weighted by molar-refractivity contribution is 0.0750. The summed E-state index contributed by atoms with van der Waals surface area (Å²) in [5.41, 5.74) is 6.00. The van der Waals surface area contributed by atoms with Crippen molar-refractivity contribution in [2.45, 2.75) is 32.9 Å². The number of amides is 1. The maximum absolute atomic E-state index is 13.1. The van der Waals surface area contributed by atoms with Crippen LogP contribution in [0.15, 0.2) is 59.4 Å². The van der Waals surface area contributed by atoms with E-state index in [0.29, 0.717) is 18.8 Å². The average Bonchev–Trinajstić information content (AvgIpc) is 3.35. The average molecular weight is 447 g/mol. The summed E-state index contributed by atoms with van der Waals surface area (Å²) in [6, 6.07) is 11.6. The Balaban J connectivity index is 1.42. The normalized spacial score (nSPS) is 12.3. The lowest BCUT2D eigenvalue weighted by Crippen LogP contribution is -2.26. The van der Waals surface area contributed by atoms with Crippen LogP contribution in [0.1, 0.15) is 38.6 Å². The maximum Gasteiger partial charge on any atom is 0.289 e. The van der Waals surface area contributed by atoms with Crippen molar-refractivity contribution in [2.75, 3.05) is 7.05 Å². The van der Waals surface area contributed by atoms with Gasteiger partial charge in [0.05, 0.1) is 12.2 Å². The highest BCUT2D eigenvalue weighted by molar-refractivity contribution is 6.30. The van der Waals surface area contributed by atoms with Crippen LogP contribution in [-0.4, -0.2) is 32.6 Å². The minimum absolute atomic E-state index is 0.136. The van der Waals surface area contributed by atoms with Gasteiger partial charge in [0.25, 0.3) is 5.91 Å². The van der Waals surface area contributed by atoms with Crippen molar-refractivity contribution in [3.63, 3.8) is 0 Å². The van der Waals surface area contributed by atoms with E-state index >= 15 is 0 Å². The monoisotopic (exact) mass is 446 g/mol. The van der Waals surface area contributed by atoms with Gasteiger partial charge in [-0.25, -0.2) is 0 Å². The van der Waals surface area contributed by atoms with Crippen molar-refractivity contribution in [2.24, 2.45) is 0 Å². The molecule has 0 N–H and O–H groups in total. The number of hydrogen-bond donors (Lipinski definition) is 0. The molecule has 7 heteroatoms. The van der Waals surface area contributed by atoms with E-state index in [1.807, 2.05) is 48.0 Å². The number of hydrogen-bond acceptors (Lipinski definition) is 4. The van der Waals surface area contributed by atoms with Crippen LogP contribution in [-0.2, 0) is 25.9 Å². The van der Waals surface area contributed by atoms with Crippen molar-refractivity contribution in [3.05, 3.63) is 93.8 Å². The van der Waals surface area contributed by atoms with Gasteiger partial charge >= 0.3 is 0 Å². The fraction of sp³-hybridized carbons (Fsp3) is 0.240. The van der Waals surface area contributed by atoms with Crippen molar-refractivity contribution < 1.29 is 9.21 Å². The lowest BCUT2D eigenvalue weighted by atomic mass is 9.93. The number of halogens is 1. The van der Waals surface area contributed by atoms with Gasteiger partial charge in [0.1, 0.15) is 5.76 Å². The molecule has 3 heterocycles. The van der Waals surface area contributed by atoms with E-state index in [9.17, 15) is 4.79 Å². The van der Waals surface area contributed by atoms with Crippen molar-refractivity contribution in [1.29, 1.82) is 0 Å². The number of rotatable bonds is 5. The second kappa shape index (κ2) is 8.28. The maximum atomic E-state index is 13.1. The third kappa shape index (κ3) is 3.82. The SMILES string of the molecule is Cc1c(C(=O)N(C)Cc2cccnc2)oc2c1-c1nn(Cc3ccc(Cl)cc3)cc1CC2. The highest BCUT2D eigenvalue weighted by Gasteiger charge is 2.30. The number of carbonyl (C=O) groups is 1. The predicted octanol–water partition coefficient (Wildman–Crippen LogP) is 4.92. The smallest absolute Gasteiger partial charge is 0.289 e. The van der Waals surface area contributed by atoms with Crippen LogP contribution in [0.3, 0.4) is 0 Å². The fourth-order valence-electron chi connectivity index (χ4n) is 4.24. The Labute approximate surface area is 191 Å². The van der Waals surface area contributed by atoms with Crippen LogP contribution < -0.4 is 0 Å².